The van der Waals surface area contributed by atoms with Crippen LogP contribution in [0.25, 0.3) is 0 Å². The van der Waals surface area contributed by atoms with Crippen molar-refractivity contribution in [1.29, 1.82) is 0 Å². The third-order valence-corrected chi connectivity index (χ3v) is 2.28. The monoisotopic (exact) mass is 183 g/mol. The summed E-state index contributed by atoms with van der Waals surface area (Å²) >= 11 is 0. The molecule has 2 N–H and O–H groups in total. The Labute approximate surface area is 77.9 Å². The highest BCUT2D eigenvalue weighted by molar-refractivity contribution is 5.41. The van der Waals surface area contributed by atoms with Crippen molar-refractivity contribution in [1.82, 2.24) is 9.36 Å². The standard InChI is InChI=1S/C9H17N3O/c1-4-6-12-7(5-2)8(10)9(13)11(12)3/h4-6,10H2,1-3H3. The lowest BCUT2D eigenvalue weighted by Gasteiger charge is -2.08. The molecule has 0 aliphatic carbocycles. The van der Waals surface area contributed by atoms with Gasteiger partial charge in [0.05, 0.1) is 5.69 Å². The van der Waals surface area contributed by atoms with E-state index in [0.29, 0.717) is 5.69 Å². The first-order valence-electron chi connectivity index (χ1n) is 4.67. The molecule has 0 unspecified atom stereocenters. The van der Waals surface area contributed by atoms with Crippen LogP contribution in [0.3, 0.4) is 0 Å². The van der Waals surface area contributed by atoms with Gasteiger partial charge in [0, 0.05) is 13.6 Å². The molecule has 4 heteroatoms. The van der Waals surface area contributed by atoms with Gasteiger partial charge in [-0.15, -0.1) is 0 Å². The van der Waals surface area contributed by atoms with E-state index in [2.05, 4.69) is 6.92 Å². The Hall–Kier alpha value is -1.19. The van der Waals surface area contributed by atoms with E-state index in [1.165, 1.54) is 0 Å². The molecule has 0 spiro atoms. The highest BCUT2D eigenvalue weighted by Crippen LogP contribution is 2.08. The number of hydrogen-bond donors (Lipinski definition) is 1. The molecule has 1 aromatic heterocycles. The van der Waals surface area contributed by atoms with E-state index in [-0.39, 0.29) is 5.56 Å². The number of aromatic nitrogens is 2. The summed E-state index contributed by atoms with van der Waals surface area (Å²) in [4.78, 5) is 11.5. The maximum atomic E-state index is 11.5. The Kier molecular flexibility index (Phi) is 2.80. The minimum atomic E-state index is -0.0784. The van der Waals surface area contributed by atoms with Gasteiger partial charge in [-0.3, -0.25) is 14.2 Å². The average Bonchev–Trinajstić information content (AvgIpc) is 2.32. The summed E-state index contributed by atoms with van der Waals surface area (Å²) in [5.41, 5.74) is 6.97. The first kappa shape index (κ1) is 9.89. The van der Waals surface area contributed by atoms with E-state index >= 15 is 0 Å². The van der Waals surface area contributed by atoms with Gasteiger partial charge < -0.3 is 5.73 Å². The van der Waals surface area contributed by atoms with Crippen molar-refractivity contribution in [3.05, 3.63) is 16.0 Å². The largest absolute Gasteiger partial charge is 0.393 e. The molecular weight excluding hydrogens is 166 g/mol. The number of nitrogens with zero attached hydrogens (tertiary/aromatic N) is 2. The highest BCUT2D eigenvalue weighted by Gasteiger charge is 2.12. The smallest absolute Gasteiger partial charge is 0.289 e. The van der Waals surface area contributed by atoms with Crippen molar-refractivity contribution in [2.75, 3.05) is 5.73 Å². The fraction of sp³-hybridized carbons (Fsp3) is 0.667. The molecule has 0 aliphatic heterocycles. The van der Waals surface area contributed by atoms with E-state index in [9.17, 15) is 4.79 Å². The summed E-state index contributed by atoms with van der Waals surface area (Å²) in [6.45, 7) is 4.95. The van der Waals surface area contributed by atoms with Crippen molar-refractivity contribution in [3.63, 3.8) is 0 Å². The molecule has 0 bridgehead atoms. The van der Waals surface area contributed by atoms with Crippen LogP contribution < -0.4 is 11.3 Å². The second-order valence-corrected chi connectivity index (χ2v) is 3.17. The van der Waals surface area contributed by atoms with E-state index in [0.717, 1.165) is 25.1 Å². The van der Waals surface area contributed by atoms with Gasteiger partial charge in [0.15, 0.2) is 0 Å². The van der Waals surface area contributed by atoms with Crippen molar-refractivity contribution >= 4 is 5.69 Å². The maximum Gasteiger partial charge on any atom is 0.289 e. The number of nitrogen functional groups attached to an aromatic ring is 1. The zero-order valence-electron chi connectivity index (χ0n) is 8.50. The summed E-state index contributed by atoms with van der Waals surface area (Å²) in [5.74, 6) is 0. The van der Waals surface area contributed by atoms with E-state index in [1.807, 2.05) is 11.6 Å². The first-order chi connectivity index (χ1) is 6.13. The molecule has 0 saturated carbocycles. The second-order valence-electron chi connectivity index (χ2n) is 3.17. The lowest BCUT2D eigenvalue weighted by atomic mass is 10.3. The van der Waals surface area contributed by atoms with Gasteiger partial charge in [0.1, 0.15) is 5.69 Å². The zero-order valence-corrected chi connectivity index (χ0v) is 8.50. The normalized spacial score (nSPS) is 10.7. The molecule has 0 atom stereocenters. The van der Waals surface area contributed by atoms with Gasteiger partial charge in [-0.2, -0.15) is 0 Å². The number of hydrogen-bond acceptors (Lipinski definition) is 2. The maximum absolute atomic E-state index is 11.5. The first-order valence-corrected chi connectivity index (χ1v) is 4.67. The van der Waals surface area contributed by atoms with E-state index in [4.69, 9.17) is 5.73 Å². The van der Waals surface area contributed by atoms with Crippen LogP contribution in [0.1, 0.15) is 26.0 Å². The van der Waals surface area contributed by atoms with Crippen LogP contribution in [0.4, 0.5) is 5.69 Å². The van der Waals surface area contributed by atoms with Crippen molar-refractivity contribution in [3.8, 4) is 0 Å². The fourth-order valence-corrected chi connectivity index (χ4v) is 1.60. The van der Waals surface area contributed by atoms with Crippen LogP contribution in [0.15, 0.2) is 4.79 Å². The van der Waals surface area contributed by atoms with Gasteiger partial charge in [0.25, 0.3) is 5.56 Å². The summed E-state index contributed by atoms with van der Waals surface area (Å²) < 4.78 is 3.55. The van der Waals surface area contributed by atoms with Crippen molar-refractivity contribution in [2.24, 2.45) is 7.05 Å². The topological polar surface area (TPSA) is 52.9 Å². The SMILES string of the molecule is CCCn1c(CC)c(N)c(=O)n1C. The van der Waals surface area contributed by atoms with Gasteiger partial charge >= 0.3 is 0 Å². The third-order valence-electron chi connectivity index (χ3n) is 2.28. The molecule has 1 aromatic rings. The van der Waals surface area contributed by atoms with Crippen LogP contribution in [-0.4, -0.2) is 9.36 Å². The van der Waals surface area contributed by atoms with Crippen molar-refractivity contribution < 1.29 is 0 Å². The molecule has 1 rings (SSSR count). The van der Waals surface area contributed by atoms with E-state index < -0.39 is 0 Å². The third kappa shape index (κ3) is 1.48. The van der Waals surface area contributed by atoms with Gasteiger partial charge in [-0.1, -0.05) is 13.8 Å². The Morgan fingerprint density at radius 3 is 2.46 bits per heavy atom. The minimum absolute atomic E-state index is 0.0784. The van der Waals surface area contributed by atoms with Gasteiger partial charge in [0.2, 0.25) is 0 Å². The Balaban J connectivity index is 3.30. The predicted octanol–water partition coefficient (Wildman–Crippen LogP) is 0.741. The fourth-order valence-electron chi connectivity index (χ4n) is 1.60. The Bertz CT molecular complexity index is 348. The second kappa shape index (κ2) is 3.68. The lowest BCUT2D eigenvalue weighted by molar-refractivity contribution is 0.477. The summed E-state index contributed by atoms with van der Waals surface area (Å²) in [6, 6.07) is 0. The van der Waals surface area contributed by atoms with Crippen LogP contribution in [0.5, 0.6) is 0 Å². The average molecular weight is 183 g/mol. The Morgan fingerprint density at radius 2 is 2.00 bits per heavy atom. The van der Waals surface area contributed by atoms with Crippen molar-refractivity contribution in [2.45, 2.75) is 33.2 Å². The molecule has 0 amide bonds. The summed E-state index contributed by atoms with van der Waals surface area (Å²) in [5, 5.41) is 0. The van der Waals surface area contributed by atoms with Crippen LogP contribution >= 0.6 is 0 Å². The number of rotatable bonds is 3. The van der Waals surface area contributed by atoms with Crippen LogP contribution in [0.2, 0.25) is 0 Å². The molecular formula is C9H17N3O. The molecule has 0 aliphatic rings. The van der Waals surface area contributed by atoms with Gasteiger partial charge in [-0.05, 0) is 12.8 Å². The molecule has 0 aromatic carbocycles. The lowest BCUT2D eigenvalue weighted by Crippen LogP contribution is -2.20. The zero-order chi connectivity index (χ0) is 10.0. The summed E-state index contributed by atoms with van der Waals surface area (Å²) in [6.07, 6.45) is 1.82. The predicted molar refractivity (Wildman–Crippen MR) is 53.8 cm³/mol. The Morgan fingerprint density at radius 1 is 1.38 bits per heavy atom. The highest BCUT2D eigenvalue weighted by atomic mass is 16.1. The number of nitrogens with two attached hydrogens (primary N) is 1. The molecule has 13 heavy (non-hydrogen) atoms. The van der Waals surface area contributed by atoms with Gasteiger partial charge in [-0.25, -0.2) is 0 Å². The molecule has 74 valence electrons. The van der Waals surface area contributed by atoms with E-state index in [1.54, 1.807) is 11.7 Å². The summed E-state index contributed by atoms with van der Waals surface area (Å²) in [7, 11) is 1.76. The molecule has 0 fully saturated rings. The molecule has 1 heterocycles. The quantitative estimate of drug-likeness (QED) is 0.751. The molecule has 4 nitrogen and oxygen atoms in total. The van der Waals surface area contributed by atoms with Crippen LogP contribution in [-0.2, 0) is 20.0 Å². The number of anilines is 1. The molecule has 0 saturated heterocycles. The van der Waals surface area contributed by atoms with Crippen LogP contribution in [0, 0.1) is 0 Å². The minimum Gasteiger partial charge on any atom is -0.393 e. The molecule has 0 radical (unpaired) electrons.